The number of nitrogens with zero attached hydrogens (tertiary/aromatic N) is 2. The second-order valence-electron chi connectivity index (χ2n) is 4.36. The summed E-state index contributed by atoms with van der Waals surface area (Å²) in [5, 5.41) is 3.82. The summed E-state index contributed by atoms with van der Waals surface area (Å²) < 4.78 is 33.3. The lowest BCUT2D eigenvalue weighted by Crippen LogP contribution is -2.34. The molecule has 1 atom stereocenters. The van der Waals surface area contributed by atoms with Crippen molar-refractivity contribution in [2.45, 2.75) is 24.3 Å². The highest BCUT2D eigenvalue weighted by molar-refractivity contribution is 7.89. The second-order valence-corrected chi connectivity index (χ2v) is 6.04. The van der Waals surface area contributed by atoms with Gasteiger partial charge in [0.1, 0.15) is 10.7 Å². The Morgan fingerprint density at radius 1 is 1.58 bits per heavy atom. The number of nitrogens with two attached hydrogens (primary N) is 1. The molecule has 2 rings (SSSR count). The maximum Gasteiger partial charge on any atom is 0.246 e. The molecule has 0 amide bonds. The largest absolute Gasteiger partial charge is 0.469 e. The molecule has 104 valence electrons. The molecule has 0 fully saturated rings. The number of rotatable bonds is 5. The quantitative estimate of drug-likeness (QED) is 0.832. The molecule has 0 aromatic carbocycles. The molecular weight excluding hydrogens is 268 g/mol. The average Bonchev–Trinajstić information content (AvgIpc) is 2.87. The van der Waals surface area contributed by atoms with Crippen molar-refractivity contribution in [3.05, 3.63) is 30.4 Å². The van der Waals surface area contributed by atoms with Gasteiger partial charge < -0.3 is 10.2 Å². The van der Waals surface area contributed by atoms with Crippen molar-refractivity contribution in [1.82, 2.24) is 14.5 Å². The van der Waals surface area contributed by atoms with Gasteiger partial charge in [-0.3, -0.25) is 4.68 Å². The van der Waals surface area contributed by atoms with Gasteiger partial charge in [0.05, 0.1) is 6.26 Å². The Hall–Kier alpha value is -1.80. The van der Waals surface area contributed by atoms with Crippen LogP contribution in [0.25, 0.3) is 0 Å². The van der Waals surface area contributed by atoms with Crippen molar-refractivity contribution in [3.63, 3.8) is 0 Å². The third-order valence-corrected chi connectivity index (χ3v) is 4.16. The van der Waals surface area contributed by atoms with Gasteiger partial charge in [0.25, 0.3) is 0 Å². The maximum absolute atomic E-state index is 12.1. The van der Waals surface area contributed by atoms with Crippen LogP contribution < -0.4 is 10.5 Å². The third kappa shape index (κ3) is 3.15. The zero-order valence-electron chi connectivity index (χ0n) is 10.7. The van der Waals surface area contributed by atoms with Gasteiger partial charge in [-0.1, -0.05) is 0 Å². The third-order valence-electron chi connectivity index (χ3n) is 2.56. The molecule has 0 radical (unpaired) electrons. The highest BCUT2D eigenvalue weighted by Gasteiger charge is 2.23. The minimum Gasteiger partial charge on any atom is -0.469 e. The summed E-state index contributed by atoms with van der Waals surface area (Å²) in [5.74, 6) is 0.703. The van der Waals surface area contributed by atoms with Crippen LogP contribution in [0.5, 0.6) is 0 Å². The molecule has 2 heterocycles. The van der Waals surface area contributed by atoms with Crippen LogP contribution in [0.1, 0.15) is 12.7 Å². The summed E-state index contributed by atoms with van der Waals surface area (Å²) in [4.78, 5) is -0.0127. The lowest BCUT2D eigenvalue weighted by molar-refractivity contribution is 0.479. The molecule has 2 aromatic heterocycles. The topological polar surface area (TPSA) is 103 Å². The van der Waals surface area contributed by atoms with E-state index in [1.807, 2.05) is 0 Å². The Morgan fingerprint density at radius 2 is 2.32 bits per heavy atom. The first-order valence-electron chi connectivity index (χ1n) is 5.72. The van der Waals surface area contributed by atoms with Crippen LogP contribution in [0.4, 0.5) is 5.82 Å². The van der Waals surface area contributed by atoms with E-state index in [-0.39, 0.29) is 16.8 Å². The lowest BCUT2D eigenvalue weighted by atomic mass is 10.2. The van der Waals surface area contributed by atoms with Gasteiger partial charge in [-0.2, -0.15) is 5.10 Å². The van der Waals surface area contributed by atoms with Gasteiger partial charge in [0.15, 0.2) is 5.82 Å². The van der Waals surface area contributed by atoms with Crippen LogP contribution in [0, 0.1) is 0 Å². The molecule has 0 bridgehead atoms. The molecule has 1 unspecified atom stereocenters. The molecule has 3 N–H and O–H groups in total. The molecule has 19 heavy (non-hydrogen) atoms. The van der Waals surface area contributed by atoms with Gasteiger partial charge in [0, 0.05) is 25.7 Å². The second kappa shape index (κ2) is 5.06. The summed E-state index contributed by atoms with van der Waals surface area (Å²) in [6.07, 6.45) is 3.39. The van der Waals surface area contributed by atoms with Crippen molar-refractivity contribution in [1.29, 1.82) is 0 Å². The first-order valence-corrected chi connectivity index (χ1v) is 7.20. The summed E-state index contributed by atoms with van der Waals surface area (Å²) in [6, 6.07) is 3.24. The molecule has 2 aromatic rings. The number of hydrogen-bond acceptors (Lipinski definition) is 5. The molecule has 0 spiro atoms. The minimum absolute atomic E-state index is 0.0127. The lowest BCUT2D eigenvalue weighted by Gasteiger charge is -2.12. The van der Waals surface area contributed by atoms with Crippen molar-refractivity contribution < 1.29 is 12.8 Å². The normalized spacial score (nSPS) is 13.6. The highest BCUT2D eigenvalue weighted by atomic mass is 32.2. The molecule has 0 aliphatic rings. The van der Waals surface area contributed by atoms with Crippen LogP contribution in [-0.4, -0.2) is 24.2 Å². The van der Waals surface area contributed by atoms with E-state index in [0.717, 1.165) is 0 Å². The first-order chi connectivity index (χ1) is 8.88. The molecule has 8 heteroatoms. The van der Waals surface area contributed by atoms with Gasteiger partial charge in [-0.05, 0) is 19.1 Å². The standard InChI is InChI=1S/C11H16N4O3S/c1-8(6-9-4-3-5-18-9)14-19(16,17)10-7-15(2)13-11(10)12/h3-5,7-8,14H,6H2,1-2H3,(H2,12,13). The number of nitrogens with one attached hydrogen (secondary N) is 1. The number of hydrogen-bond donors (Lipinski definition) is 2. The average molecular weight is 284 g/mol. The fraction of sp³-hybridized carbons (Fsp3) is 0.364. The van der Waals surface area contributed by atoms with E-state index < -0.39 is 10.0 Å². The molecule has 0 saturated carbocycles. The highest BCUT2D eigenvalue weighted by Crippen LogP contribution is 2.16. The zero-order chi connectivity index (χ0) is 14.0. The number of aryl methyl sites for hydroxylation is 1. The van der Waals surface area contributed by atoms with E-state index in [1.165, 1.54) is 10.9 Å². The number of furan rings is 1. The Bertz CT molecular complexity index is 646. The predicted molar refractivity (Wildman–Crippen MR) is 69.8 cm³/mol. The fourth-order valence-corrected chi connectivity index (χ4v) is 3.14. The van der Waals surface area contributed by atoms with Gasteiger partial charge in [-0.15, -0.1) is 0 Å². The van der Waals surface area contributed by atoms with Crippen LogP contribution in [-0.2, 0) is 23.5 Å². The number of nitrogen functional groups attached to an aromatic ring is 1. The maximum atomic E-state index is 12.1. The molecule has 7 nitrogen and oxygen atoms in total. The SMILES string of the molecule is CC(Cc1ccco1)NS(=O)(=O)c1cn(C)nc1N. The predicted octanol–water partition coefficient (Wildman–Crippen LogP) is 0.505. The van der Waals surface area contributed by atoms with Gasteiger partial charge >= 0.3 is 0 Å². The summed E-state index contributed by atoms with van der Waals surface area (Å²) in [7, 11) is -2.06. The van der Waals surface area contributed by atoms with E-state index in [1.54, 1.807) is 32.4 Å². The smallest absolute Gasteiger partial charge is 0.246 e. The van der Waals surface area contributed by atoms with Gasteiger partial charge in [-0.25, -0.2) is 13.1 Å². The summed E-state index contributed by atoms with van der Waals surface area (Å²) in [5.41, 5.74) is 5.57. The Kier molecular flexibility index (Phi) is 3.63. The molecule has 0 aliphatic carbocycles. The van der Waals surface area contributed by atoms with E-state index in [4.69, 9.17) is 10.2 Å². The van der Waals surface area contributed by atoms with Crippen molar-refractivity contribution in [2.24, 2.45) is 7.05 Å². The van der Waals surface area contributed by atoms with Crippen LogP contribution in [0.2, 0.25) is 0 Å². The Labute approximate surface area is 111 Å². The van der Waals surface area contributed by atoms with E-state index in [2.05, 4.69) is 9.82 Å². The molecule has 0 aliphatic heterocycles. The van der Waals surface area contributed by atoms with E-state index >= 15 is 0 Å². The number of anilines is 1. The minimum atomic E-state index is -3.67. The number of sulfonamides is 1. The first kappa shape index (κ1) is 13.6. The molecular formula is C11H16N4O3S. The summed E-state index contributed by atoms with van der Waals surface area (Å²) >= 11 is 0. The number of aromatic nitrogens is 2. The van der Waals surface area contributed by atoms with E-state index in [9.17, 15) is 8.42 Å². The summed E-state index contributed by atoms with van der Waals surface area (Å²) in [6.45, 7) is 1.76. The Balaban J connectivity index is 2.11. The van der Waals surface area contributed by atoms with Gasteiger partial charge in [0.2, 0.25) is 10.0 Å². The van der Waals surface area contributed by atoms with Crippen LogP contribution >= 0.6 is 0 Å². The van der Waals surface area contributed by atoms with E-state index in [0.29, 0.717) is 12.2 Å². The van der Waals surface area contributed by atoms with Crippen LogP contribution in [0.3, 0.4) is 0 Å². The molecule has 0 saturated heterocycles. The van der Waals surface area contributed by atoms with Crippen molar-refractivity contribution in [3.8, 4) is 0 Å². The van der Waals surface area contributed by atoms with Crippen molar-refractivity contribution >= 4 is 15.8 Å². The Morgan fingerprint density at radius 3 is 2.84 bits per heavy atom. The fourth-order valence-electron chi connectivity index (χ4n) is 1.79. The van der Waals surface area contributed by atoms with Crippen LogP contribution in [0.15, 0.2) is 33.9 Å². The monoisotopic (exact) mass is 284 g/mol. The van der Waals surface area contributed by atoms with Crippen molar-refractivity contribution in [2.75, 3.05) is 5.73 Å². The zero-order valence-corrected chi connectivity index (χ0v) is 11.5.